The molecule has 0 amide bonds. The summed E-state index contributed by atoms with van der Waals surface area (Å²) in [6, 6.07) is 13.2. The number of thioether (sulfide) groups is 1. The van der Waals surface area contributed by atoms with Crippen LogP contribution in [-0.2, 0) is 0 Å². The number of benzene rings is 2. The molecule has 1 unspecified atom stereocenters. The average molecular weight is 372 g/mol. The van der Waals surface area contributed by atoms with E-state index in [-0.39, 0.29) is 11.0 Å². The van der Waals surface area contributed by atoms with E-state index >= 15 is 0 Å². The van der Waals surface area contributed by atoms with Crippen LogP contribution < -0.4 is 0 Å². The van der Waals surface area contributed by atoms with E-state index in [1.807, 2.05) is 17.6 Å². The number of rotatable bonds is 5. The summed E-state index contributed by atoms with van der Waals surface area (Å²) in [6.45, 7) is 5.98. The van der Waals surface area contributed by atoms with E-state index < -0.39 is 0 Å². The third-order valence-electron chi connectivity index (χ3n) is 3.89. The number of hydrogen-bond donors (Lipinski definition) is 0. The first-order chi connectivity index (χ1) is 12.0. The number of aryl methyl sites for hydroxylation is 2. The van der Waals surface area contributed by atoms with Gasteiger partial charge in [-0.15, -0.1) is 10.2 Å². The fraction of sp³-hybridized carbons (Fsp3) is 0.211. The largest absolute Gasteiger partial charge is 0.293 e. The van der Waals surface area contributed by atoms with Gasteiger partial charge in [0, 0.05) is 10.6 Å². The zero-order valence-electron chi connectivity index (χ0n) is 14.2. The SMILES string of the molecule is Cc1ccc(-n2cnnc2SC(C)C(=O)c2cccc(Cl)c2)c(C)c1. The molecular weight excluding hydrogens is 354 g/mol. The lowest BCUT2D eigenvalue weighted by molar-refractivity contribution is 0.0994. The molecule has 25 heavy (non-hydrogen) atoms. The van der Waals surface area contributed by atoms with Gasteiger partial charge < -0.3 is 0 Å². The van der Waals surface area contributed by atoms with Crippen molar-refractivity contribution in [3.05, 3.63) is 70.5 Å². The second-order valence-electron chi connectivity index (χ2n) is 5.91. The Bertz CT molecular complexity index is 923. The first-order valence-corrected chi connectivity index (χ1v) is 9.15. The minimum Gasteiger partial charge on any atom is -0.293 e. The number of carbonyl (C=O) groups is 1. The van der Waals surface area contributed by atoms with Crippen LogP contribution in [0.15, 0.2) is 53.9 Å². The number of hydrogen-bond acceptors (Lipinski definition) is 4. The summed E-state index contributed by atoms with van der Waals surface area (Å²) in [6.07, 6.45) is 1.68. The van der Waals surface area contributed by atoms with Crippen LogP contribution in [0.4, 0.5) is 0 Å². The molecule has 0 spiro atoms. The maximum absolute atomic E-state index is 12.6. The highest BCUT2D eigenvalue weighted by Gasteiger charge is 2.20. The third kappa shape index (κ3) is 3.94. The predicted molar refractivity (Wildman–Crippen MR) is 102 cm³/mol. The van der Waals surface area contributed by atoms with Crippen molar-refractivity contribution in [3.63, 3.8) is 0 Å². The van der Waals surface area contributed by atoms with Gasteiger partial charge in [-0.05, 0) is 44.5 Å². The van der Waals surface area contributed by atoms with E-state index in [2.05, 4.69) is 36.2 Å². The van der Waals surface area contributed by atoms with Gasteiger partial charge in [-0.2, -0.15) is 0 Å². The van der Waals surface area contributed by atoms with Crippen LogP contribution >= 0.6 is 23.4 Å². The molecule has 128 valence electrons. The van der Waals surface area contributed by atoms with Gasteiger partial charge in [-0.1, -0.05) is 53.2 Å². The van der Waals surface area contributed by atoms with Gasteiger partial charge in [0.2, 0.25) is 0 Å². The summed E-state index contributed by atoms with van der Waals surface area (Å²) in [7, 11) is 0. The van der Waals surface area contributed by atoms with Gasteiger partial charge in [0.1, 0.15) is 6.33 Å². The van der Waals surface area contributed by atoms with E-state index in [1.54, 1.807) is 30.6 Å². The molecule has 1 atom stereocenters. The summed E-state index contributed by atoms with van der Waals surface area (Å²) in [4.78, 5) is 12.6. The lowest BCUT2D eigenvalue weighted by Gasteiger charge is -2.13. The van der Waals surface area contributed by atoms with E-state index in [1.165, 1.54) is 17.3 Å². The molecule has 0 fully saturated rings. The number of aromatic nitrogens is 3. The zero-order chi connectivity index (χ0) is 18.0. The first kappa shape index (κ1) is 17.7. The fourth-order valence-corrected chi connectivity index (χ4v) is 3.74. The molecule has 0 radical (unpaired) electrons. The standard InChI is InChI=1S/C19H18ClN3OS/c1-12-7-8-17(13(2)9-12)23-11-21-22-19(23)25-14(3)18(24)15-5-4-6-16(20)10-15/h4-11,14H,1-3H3. The molecule has 0 aliphatic carbocycles. The monoisotopic (exact) mass is 371 g/mol. The number of nitrogens with zero attached hydrogens (tertiary/aromatic N) is 3. The maximum Gasteiger partial charge on any atom is 0.196 e. The van der Waals surface area contributed by atoms with Crippen molar-refractivity contribution in [2.75, 3.05) is 0 Å². The van der Waals surface area contributed by atoms with Crippen molar-refractivity contribution in [1.29, 1.82) is 0 Å². The van der Waals surface area contributed by atoms with E-state index in [4.69, 9.17) is 11.6 Å². The zero-order valence-corrected chi connectivity index (χ0v) is 15.8. The summed E-state index contributed by atoms with van der Waals surface area (Å²) in [5.74, 6) is 0.0164. The molecule has 0 saturated carbocycles. The van der Waals surface area contributed by atoms with Crippen LogP contribution in [0.3, 0.4) is 0 Å². The van der Waals surface area contributed by atoms with Gasteiger partial charge in [-0.25, -0.2) is 0 Å². The van der Waals surface area contributed by atoms with Gasteiger partial charge in [0.15, 0.2) is 10.9 Å². The number of Topliss-reactive ketones (excluding diaryl/α,β-unsaturated/α-hetero) is 1. The Hall–Kier alpha value is -2.11. The third-order valence-corrected chi connectivity index (χ3v) is 5.18. The highest BCUT2D eigenvalue weighted by atomic mass is 35.5. The molecule has 0 aliphatic heterocycles. The summed E-state index contributed by atoms with van der Waals surface area (Å²) in [5.41, 5.74) is 3.95. The number of carbonyl (C=O) groups excluding carboxylic acids is 1. The van der Waals surface area contributed by atoms with Crippen LogP contribution in [0, 0.1) is 13.8 Å². The van der Waals surface area contributed by atoms with Crippen LogP contribution in [-0.4, -0.2) is 25.8 Å². The first-order valence-electron chi connectivity index (χ1n) is 7.90. The maximum atomic E-state index is 12.6. The molecule has 3 rings (SSSR count). The van der Waals surface area contributed by atoms with Crippen LogP contribution in [0.5, 0.6) is 0 Å². The summed E-state index contributed by atoms with van der Waals surface area (Å²) < 4.78 is 1.92. The molecule has 0 bridgehead atoms. The minimum atomic E-state index is -0.299. The molecule has 4 nitrogen and oxygen atoms in total. The predicted octanol–water partition coefficient (Wildman–Crippen LogP) is 4.90. The highest BCUT2D eigenvalue weighted by Crippen LogP contribution is 2.28. The normalized spacial score (nSPS) is 12.2. The summed E-state index contributed by atoms with van der Waals surface area (Å²) >= 11 is 7.38. The minimum absolute atomic E-state index is 0.0164. The lowest BCUT2D eigenvalue weighted by atomic mass is 10.1. The van der Waals surface area contributed by atoms with E-state index in [0.29, 0.717) is 15.7 Å². The molecule has 6 heteroatoms. The van der Waals surface area contributed by atoms with Crippen LogP contribution in [0.2, 0.25) is 5.02 Å². The van der Waals surface area contributed by atoms with Gasteiger partial charge in [0.05, 0.1) is 10.9 Å². The van der Waals surface area contributed by atoms with Crippen LogP contribution in [0.25, 0.3) is 5.69 Å². The molecule has 1 aromatic heterocycles. The van der Waals surface area contributed by atoms with Crippen molar-refractivity contribution >= 4 is 29.1 Å². The second-order valence-corrected chi connectivity index (χ2v) is 7.65. The Morgan fingerprint density at radius 2 is 2.00 bits per heavy atom. The highest BCUT2D eigenvalue weighted by molar-refractivity contribution is 8.00. The Kier molecular flexibility index (Phi) is 5.25. The Labute approximate surface area is 156 Å². The summed E-state index contributed by atoms with van der Waals surface area (Å²) in [5, 5.41) is 9.16. The fourth-order valence-electron chi connectivity index (χ4n) is 2.63. The molecule has 1 heterocycles. The van der Waals surface area contributed by atoms with Crippen molar-refractivity contribution in [2.45, 2.75) is 31.2 Å². The van der Waals surface area contributed by atoms with Crippen molar-refractivity contribution < 1.29 is 4.79 Å². The molecule has 3 aromatic rings. The van der Waals surface area contributed by atoms with Crippen molar-refractivity contribution in [1.82, 2.24) is 14.8 Å². The quantitative estimate of drug-likeness (QED) is 0.472. The van der Waals surface area contributed by atoms with Crippen molar-refractivity contribution in [2.24, 2.45) is 0 Å². The Balaban J connectivity index is 1.84. The average Bonchev–Trinajstić information content (AvgIpc) is 3.02. The smallest absolute Gasteiger partial charge is 0.196 e. The lowest BCUT2D eigenvalue weighted by Crippen LogP contribution is -2.14. The van der Waals surface area contributed by atoms with Gasteiger partial charge in [-0.3, -0.25) is 9.36 Å². The van der Waals surface area contributed by atoms with E-state index in [9.17, 15) is 4.79 Å². The molecule has 0 aliphatic rings. The second kappa shape index (κ2) is 7.42. The molecule has 0 saturated heterocycles. The molecule has 2 aromatic carbocycles. The number of halogens is 1. The molecular formula is C19H18ClN3OS. The Morgan fingerprint density at radius 3 is 2.72 bits per heavy atom. The van der Waals surface area contributed by atoms with Gasteiger partial charge >= 0.3 is 0 Å². The number of ketones is 1. The van der Waals surface area contributed by atoms with Crippen LogP contribution in [0.1, 0.15) is 28.4 Å². The molecule has 0 N–H and O–H groups in total. The topological polar surface area (TPSA) is 47.8 Å². The van der Waals surface area contributed by atoms with Crippen molar-refractivity contribution in [3.8, 4) is 5.69 Å². The van der Waals surface area contributed by atoms with E-state index in [0.717, 1.165) is 11.3 Å². The van der Waals surface area contributed by atoms with Gasteiger partial charge in [0.25, 0.3) is 0 Å². The Morgan fingerprint density at radius 1 is 1.20 bits per heavy atom.